The van der Waals surface area contributed by atoms with Crippen LogP contribution in [0.1, 0.15) is 58.9 Å². The molecule has 0 spiro atoms. The van der Waals surface area contributed by atoms with Crippen molar-refractivity contribution in [2.75, 3.05) is 34.4 Å². The predicted molar refractivity (Wildman–Crippen MR) is 158 cm³/mol. The first kappa shape index (κ1) is 34.2. The normalized spacial score (nSPS) is 19.4. The Labute approximate surface area is 245 Å². The standard InChI is InChI=1S/C31H50N4O6/c1-8-21(2)29(34(5)28(38)19-32-20-36)26(40-6)18-27(37)35-16-12-15-25(35)30(41-7)23(4)31(39)33-22(3)17-24-13-10-9-11-14-24/h9-11,13-14,20-23,25-26,29-30H,8,12,15-19H2,1-7H3,(H,32,36)(H,33,39). The second-order valence-corrected chi connectivity index (χ2v) is 11.2. The van der Waals surface area contributed by atoms with Crippen molar-refractivity contribution in [2.45, 2.75) is 90.1 Å². The molecule has 1 fully saturated rings. The molecule has 7 unspecified atom stereocenters. The van der Waals surface area contributed by atoms with E-state index >= 15 is 0 Å². The second-order valence-electron chi connectivity index (χ2n) is 11.2. The number of hydrogen-bond donors (Lipinski definition) is 2. The number of rotatable bonds is 17. The van der Waals surface area contributed by atoms with E-state index in [2.05, 4.69) is 10.6 Å². The van der Waals surface area contributed by atoms with Crippen LogP contribution < -0.4 is 10.6 Å². The molecule has 2 rings (SSSR count). The number of carbonyl (C=O) groups is 4. The maximum atomic E-state index is 13.7. The molecular weight excluding hydrogens is 524 g/mol. The van der Waals surface area contributed by atoms with Crippen LogP contribution >= 0.6 is 0 Å². The van der Waals surface area contributed by atoms with Crippen LogP contribution in [0.25, 0.3) is 0 Å². The molecular formula is C31H50N4O6. The largest absolute Gasteiger partial charge is 0.379 e. The lowest BCUT2D eigenvalue weighted by Gasteiger charge is -2.39. The highest BCUT2D eigenvalue weighted by Gasteiger charge is 2.42. The van der Waals surface area contributed by atoms with Crippen LogP contribution in [0, 0.1) is 11.8 Å². The lowest BCUT2D eigenvalue weighted by Crippen LogP contribution is -2.54. The number of carbonyl (C=O) groups excluding carboxylic acids is 4. The number of amides is 4. The SMILES string of the molecule is CCC(C)C(C(CC(=O)N1CCCC1C(OC)C(C)C(=O)NC(C)Cc1ccccc1)OC)N(C)C(=O)CNC=O. The van der Waals surface area contributed by atoms with Gasteiger partial charge in [-0.25, -0.2) is 0 Å². The van der Waals surface area contributed by atoms with Gasteiger partial charge in [0.15, 0.2) is 0 Å². The van der Waals surface area contributed by atoms with E-state index in [-0.39, 0.29) is 54.7 Å². The number of nitrogens with one attached hydrogen (secondary N) is 2. The Bertz CT molecular complexity index is 977. The van der Waals surface area contributed by atoms with Crippen molar-refractivity contribution < 1.29 is 28.7 Å². The highest BCUT2D eigenvalue weighted by Crippen LogP contribution is 2.29. The van der Waals surface area contributed by atoms with E-state index in [4.69, 9.17) is 9.47 Å². The third kappa shape index (κ3) is 9.53. The third-order valence-electron chi connectivity index (χ3n) is 8.41. The average Bonchev–Trinajstić information content (AvgIpc) is 3.45. The average molecular weight is 575 g/mol. The minimum absolute atomic E-state index is 0.0486. The van der Waals surface area contributed by atoms with Gasteiger partial charge in [-0.15, -0.1) is 0 Å². The van der Waals surface area contributed by atoms with Gasteiger partial charge in [-0.3, -0.25) is 19.2 Å². The van der Waals surface area contributed by atoms with Gasteiger partial charge >= 0.3 is 0 Å². The first-order valence-electron chi connectivity index (χ1n) is 14.7. The van der Waals surface area contributed by atoms with E-state index in [9.17, 15) is 19.2 Å². The van der Waals surface area contributed by atoms with E-state index in [1.165, 1.54) is 0 Å². The number of nitrogens with zero attached hydrogens (tertiary/aromatic N) is 2. The monoisotopic (exact) mass is 574 g/mol. The molecule has 1 aromatic carbocycles. The maximum absolute atomic E-state index is 13.7. The smallest absolute Gasteiger partial charge is 0.242 e. The quantitative estimate of drug-likeness (QED) is 0.276. The molecule has 0 aromatic heterocycles. The summed E-state index contributed by atoms with van der Waals surface area (Å²) < 4.78 is 11.7. The molecule has 41 heavy (non-hydrogen) atoms. The Morgan fingerprint density at radius 2 is 1.80 bits per heavy atom. The molecule has 1 saturated heterocycles. The Morgan fingerprint density at radius 1 is 1.12 bits per heavy atom. The van der Waals surface area contributed by atoms with Crippen molar-refractivity contribution in [3.8, 4) is 0 Å². The molecule has 10 heteroatoms. The minimum atomic E-state index is -0.538. The van der Waals surface area contributed by atoms with Crippen LogP contribution in [0.4, 0.5) is 0 Å². The molecule has 0 saturated carbocycles. The highest BCUT2D eigenvalue weighted by atomic mass is 16.5. The fourth-order valence-corrected chi connectivity index (χ4v) is 5.97. The van der Waals surface area contributed by atoms with E-state index in [0.717, 1.165) is 31.2 Å². The molecule has 4 amide bonds. The molecule has 1 heterocycles. The highest BCUT2D eigenvalue weighted by molar-refractivity contribution is 5.81. The van der Waals surface area contributed by atoms with Crippen molar-refractivity contribution in [1.29, 1.82) is 0 Å². The zero-order valence-electron chi connectivity index (χ0n) is 25.8. The topological polar surface area (TPSA) is 117 Å². The number of methoxy groups -OCH3 is 2. The van der Waals surface area contributed by atoms with Crippen LogP contribution in [-0.4, -0.2) is 98.6 Å². The van der Waals surface area contributed by atoms with Crippen molar-refractivity contribution >= 4 is 24.1 Å². The maximum Gasteiger partial charge on any atom is 0.242 e. The Balaban J connectivity index is 2.12. The van der Waals surface area contributed by atoms with Crippen molar-refractivity contribution in [3.05, 3.63) is 35.9 Å². The molecule has 1 aliphatic rings. The number of likely N-dealkylation sites (N-methyl/N-ethyl adjacent to an activating group) is 1. The number of ether oxygens (including phenoxy) is 2. The van der Waals surface area contributed by atoms with Crippen LogP contribution in [0.15, 0.2) is 30.3 Å². The summed E-state index contributed by atoms with van der Waals surface area (Å²) in [5.41, 5.74) is 1.15. The summed E-state index contributed by atoms with van der Waals surface area (Å²) in [6.45, 7) is 8.35. The van der Waals surface area contributed by atoms with Gasteiger partial charge in [0.05, 0.1) is 43.2 Å². The zero-order chi connectivity index (χ0) is 30.5. The number of likely N-dealkylation sites (tertiary alicyclic amines) is 1. The summed E-state index contributed by atoms with van der Waals surface area (Å²) in [4.78, 5) is 53.8. The van der Waals surface area contributed by atoms with Crippen LogP contribution in [-0.2, 0) is 35.1 Å². The first-order chi connectivity index (χ1) is 19.6. The van der Waals surface area contributed by atoms with Gasteiger partial charge < -0.3 is 29.9 Å². The molecule has 230 valence electrons. The summed E-state index contributed by atoms with van der Waals surface area (Å²) in [7, 11) is 4.83. The zero-order valence-corrected chi connectivity index (χ0v) is 25.8. The lowest BCUT2D eigenvalue weighted by atomic mass is 9.90. The molecule has 0 bridgehead atoms. The van der Waals surface area contributed by atoms with Gasteiger partial charge in [0.25, 0.3) is 0 Å². The fraction of sp³-hybridized carbons (Fsp3) is 0.677. The van der Waals surface area contributed by atoms with Crippen LogP contribution in [0.5, 0.6) is 0 Å². The van der Waals surface area contributed by atoms with Gasteiger partial charge in [0.1, 0.15) is 0 Å². The van der Waals surface area contributed by atoms with Gasteiger partial charge in [-0.05, 0) is 37.7 Å². The van der Waals surface area contributed by atoms with Crippen molar-refractivity contribution in [2.24, 2.45) is 11.8 Å². The summed E-state index contributed by atoms with van der Waals surface area (Å²) in [6.07, 6.45) is 2.65. The van der Waals surface area contributed by atoms with Gasteiger partial charge in [0, 0.05) is 33.9 Å². The van der Waals surface area contributed by atoms with E-state index in [0.29, 0.717) is 13.0 Å². The van der Waals surface area contributed by atoms with E-state index in [1.54, 1.807) is 26.2 Å². The lowest BCUT2D eigenvalue weighted by molar-refractivity contribution is -0.145. The summed E-state index contributed by atoms with van der Waals surface area (Å²) in [5.74, 6) is -0.851. The van der Waals surface area contributed by atoms with Gasteiger partial charge in [-0.1, -0.05) is 57.5 Å². The summed E-state index contributed by atoms with van der Waals surface area (Å²) in [5, 5.41) is 5.53. The van der Waals surface area contributed by atoms with Crippen molar-refractivity contribution in [1.82, 2.24) is 20.4 Å². The van der Waals surface area contributed by atoms with Gasteiger partial charge in [0.2, 0.25) is 24.1 Å². The summed E-state index contributed by atoms with van der Waals surface area (Å²) in [6, 6.07) is 9.38. The van der Waals surface area contributed by atoms with Gasteiger partial charge in [-0.2, -0.15) is 0 Å². The van der Waals surface area contributed by atoms with E-state index in [1.807, 2.05) is 62.9 Å². The summed E-state index contributed by atoms with van der Waals surface area (Å²) >= 11 is 0. The minimum Gasteiger partial charge on any atom is -0.379 e. The third-order valence-corrected chi connectivity index (χ3v) is 8.41. The first-order valence-corrected chi connectivity index (χ1v) is 14.7. The number of benzene rings is 1. The predicted octanol–water partition coefficient (Wildman–Crippen LogP) is 2.40. The fourth-order valence-electron chi connectivity index (χ4n) is 5.97. The van der Waals surface area contributed by atoms with Crippen LogP contribution in [0.3, 0.4) is 0 Å². The van der Waals surface area contributed by atoms with Crippen LogP contribution in [0.2, 0.25) is 0 Å². The number of hydrogen-bond acceptors (Lipinski definition) is 6. The Hall–Kier alpha value is -2.98. The molecule has 0 aliphatic carbocycles. The second kappa shape index (κ2) is 17.1. The Morgan fingerprint density at radius 3 is 2.39 bits per heavy atom. The molecule has 10 nitrogen and oxygen atoms in total. The molecule has 1 aromatic rings. The molecule has 0 radical (unpaired) electrons. The molecule has 2 N–H and O–H groups in total. The molecule has 7 atom stereocenters. The van der Waals surface area contributed by atoms with E-state index < -0.39 is 18.1 Å². The molecule has 1 aliphatic heterocycles. The van der Waals surface area contributed by atoms with Crippen molar-refractivity contribution in [3.63, 3.8) is 0 Å². The Kier molecular flexibility index (Phi) is 14.3.